The monoisotopic (exact) mass is 219 g/mol. The molecule has 0 N–H and O–H groups in total. The van der Waals surface area contributed by atoms with E-state index in [1.165, 1.54) is 64.5 Å². The number of hydrazine groups is 1. The van der Waals surface area contributed by atoms with Gasteiger partial charge < -0.3 is 0 Å². The normalized spacial score (nSPS) is 45.4. The number of hydrogen-bond acceptors (Lipinski definition) is 2. The summed E-state index contributed by atoms with van der Waals surface area (Å²) >= 11 is 0. The highest BCUT2D eigenvalue weighted by atomic mass is 15.7. The first-order valence-electron chi connectivity index (χ1n) is 7.30. The van der Waals surface area contributed by atoms with Gasteiger partial charge >= 0.3 is 0 Å². The van der Waals surface area contributed by atoms with Gasteiger partial charge in [-0.2, -0.15) is 0 Å². The van der Waals surface area contributed by atoms with Crippen LogP contribution < -0.4 is 0 Å². The summed E-state index contributed by atoms with van der Waals surface area (Å²) in [4.78, 5) is 0. The van der Waals surface area contributed by atoms with Gasteiger partial charge in [-0.25, -0.2) is 10.0 Å². The Balaban J connectivity index is 1.51. The van der Waals surface area contributed by atoms with Crippen molar-refractivity contribution in [3.8, 4) is 0 Å². The molecule has 0 aromatic carbocycles. The summed E-state index contributed by atoms with van der Waals surface area (Å²) in [7, 11) is 0. The largest absolute Gasteiger partial charge is 0.238 e. The van der Waals surface area contributed by atoms with E-state index in [2.05, 4.69) is 10.0 Å². The van der Waals surface area contributed by atoms with Crippen LogP contribution in [0, 0.1) is 17.9 Å². The Morgan fingerprint density at radius 3 is 2.75 bits per heavy atom. The standard InChI is InChI=1S/C14H23N2/c1-2-4-14-12(3-1)7-8-15(14)16-10-11-5-6-13(16)9-11/h11-12,14H,1-10H2. The van der Waals surface area contributed by atoms with Gasteiger partial charge in [0.15, 0.2) is 0 Å². The summed E-state index contributed by atoms with van der Waals surface area (Å²) < 4.78 is 0. The van der Waals surface area contributed by atoms with E-state index in [1.54, 1.807) is 6.04 Å². The number of piperidine rings is 1. The van der Waals surface area contributed by atoms with Gasteiger partial charge in [-0.15, -0.1) is 0 Å². The molecule has 0 amide bonds. The summed E-state index contributed by atoms with van der Waals surface area (Å²) in [5.41, 5.74) is 0. The summed E-state index contributed by atoms with van der Waals surface area (Å²) in [6.07, 6.45) is 11.7. The zero-order valence-corrected chi connectivity index (χ0v) is 10.2. The van der Waals surface area contributed by atoms with Gasteiger partial charge in [0.25, 0.3) is 0 Å². The van der Waals surface area contributed by atoms with Crippen molar-refractivity contribution in [1.82, 2.24) is 10.0 Å². The number of hydrogen-bond donors (Lipinski definition) is 0. The minimum Gasteiger partial charge on any atom is -0.238 e. The Morgan fingerprint density at radius 1 is 1.00 bits per heavy atom. The first kappa shape index (κ1) is 9.90. The molecular weight excluding hydrogens is 196 g/mol. The van der Waals surface area contributed by atoms with Crippen molar-refractivity contribution in [2.75, 3.05) is 13.1 Å². The van der Waals surface area contributed by atoms with Crippen LogP contribution in [-0.4, -0.2) is 29.1 Å². The van der Waals surface area contributed by atoms with Crippen LogP contribution in [0.3, 0.4) is 0 Å². The van der Waals surface area contributed by atoms with E-state index in [1.807, 2.05) is 0 Å². The molecule has 3 unspecified atom stereocenters. The molecule has 89 valence electrons. The maximum absolute atomic E-state index is 2.78. The molecule has 4 rings (SSSR count). The van der Waals surface area contributed by atoms with Gasteiger partial charge in [0.05, 0.1) is 6.04 Å². The zero-order chi connectivity index (χ0) is 10.5. The van der Waals surface area contributed by atoms with E-state index >= 15 is 0 Å². The third-order valence-electron chi connectivity index (χ3n) is 5.45. The van der Waals surface area contributed by atoms with E-state index < -0.39 is 0 Å². The molecule has 2 nitrogen and oxygen atoms in total. The average Bonchev–Trinajstić information content (AvgIpc) is 3.03. The van der Waals surface area contributed by atoms with Crippen molar-refractivity contribution < 1.29 is 0 Å². The summed E-state index contributed by atoms with van der Waals surface area (Å²) in [5, 5.41) is 5.49. The van der Waals surface area contributed by atoms with E-state index in [-0.39, 0.29) is 0 Å². The molecule has 2 saturated carbocycles. The lowest BCUT2D eigenvalue weighted by Gasteiger charge is -2.41. The van der Waals surface area contributed by atoms with Crippen molar-refractivity contribution in [3.63, 3.8) is 0 Å². The Bertz CT molecular complexity index is 278. The molecule has 0 spiro atoms. The van der Waals surface area contributed by atoms with E-state index in [0.29, 0.717) is 0 Å². The quantitative estimate of drug-likeness (QED) is 0.669. The second-order valence-corrected chi connectivity index (χ2v) is 6.32. The molecule has 2 heteroatoms. The molecule has 2 saturated heterocycles. The Kier molecular flexibility index (Phi) is 2.29. The fourth-order valence-electron chi connectivity index (χ4n) is 4.64. The molecule has 2 aliphatic carbocycles. The van der Waals surface area contributed by atoms with Crippen molar-refractivity contribution >= 4 is 0 Å². The lowest BCUT2D eigenvalue weighted by atomic mass is 9.85. The second-order valence-electron chi connectivity index (χ2n) is 6.32. The van der Waals surface area contributed by atoms with Crippen LogP contribution in [0.1, 0.15) is 51.4 Å². The van der Waals surface area contributed by atoms with Gasteiger partial charge in [0, 0.05) is 19.1 Å². The zero-order valence-electron chi connectivity index (χ0n) is 10.2. The molecule has 0 aromatic heterocycles. The third kappa shape index (κ3) is 1.39. The fraction of sp³-hybridized carbons (Fsp3) is 0.929. The van der Waals surface area contributed by atoms with Crippen molar-refractivity contribution in [1.29, 1.82) is 0 Å². The first-order valence-corrected chi connectivity index (χ1v) is 7.30. The summed E-state index contributed by atoms with van der Waals surface area (Å²) in [6, 6.07) is 2.69. The van der Waals surface area contributed by atoms with Crippen LogP contribution >= 0.6 is 0 Å². The first-order chi connectivity index (χ1) is 7.92. The highest BCUT2D eigenvalue weighted by Crippen LogP contribution is 2.47. The predicted octanol–water partition coefficient (Wildman–Crippen LogP) is 2.81. The van der Waals surface area contributed by atoms with Gasteiger partial charge in [-0.1, -0.05) is 12.8 Å². The molecule has 4 fully saturated rings. The van der Waals surface area contributed by atoms with E-state index in [4.69, 9.17) is 0 Å². The van der Waals surface area contributed by atoms with Crippen molar-refractivity contribution in [3.05, 3.63) is 6.04 Å². The smallest absolute Gasteiger partial charge is 0.0557 e. The van der Waals surface area contributed by atoms with Gasteiger partial charge in [0.2, 0.25) is 0 Å². The Labute approximate surface area is 98.9 Å². The fourth-order valence-corrected chi connectivity index (χ4v) is 4.64. The van der Waals surface area contributed by atoms with Crippen LogP contribution in [0.4, 0.5) is 0 Å². The third-order valence-corrected chi connectivity index (χ3v) is 5.45. The maximum atomic E-state index is 2.78. The van der Waals surface area contributed by atoms with E-state index in [9.17, 15) is 0 Å². The number of fused-ring (bicyclic) bond motifs is 3. The lowest BCUT2D eigenvalue weighted by molar-refractivity contribution is -0.0419. The van der Waals surface area contributed by atoms with Gasteiger partial charge in [-0.05, 0) is 50.4 Å². The van der Waals surface area contributed by atoms with Gasteiger partial charge in [0.1, 0.15) is 0 Å². The van der Waals surface area contributed by atoms with Gasteiger partial charge in [-0.3, -0.25) is 0 Å². The number of nitrogens with zero attached hydrogens (tertiary/aromatic N) is 2. The minimum absolute atomic E-state index is 0.917. The van der Waals surface area contributed by atoms with Crippen LogP contribution in [0.15, 0.2) is 0 Å². The Hall–Kier alpha value is -0.0800. The van der Waals surface area contributed by atoms with Crippen molar-refractivity contribution in [2.24, 2.45) is 11.8 Å². The molecule has 4 aliphatic rings. The molecule has 3 atom stereocenters. The number of rotatable bonds is 1. The van der Waals surface area contributed by atoms with Crippen molar-refractivity contribution in [2.45, 2.75) is 57.4 Å². The van der Waals surface area contributed by atoms with Crippen LogP contribution in [0.5, 0.6) is 0 Å². The molecule has 2 bridgehead atoms. The van der Waals surface area contributed by atoms with Crippen LogP contribution in [-0.2, 0) is 0 Å². The second kappa shape index (κ2) is 3.71. The van der Waals surface area contributed by atoms with E-state index in [0.717, 1.165) is 17.9 Å². The Morgan fingerprint density at radius 2 is 1.94 bits per heavy atom. The molecule has 0 aromatic rings. The molecule has 1 radical (unpaired) electrons. The molecule has 2 aliphatic heterocycles. The lowest BCUT2D eigenvalue weighted by Crippen LogP contribution is -2.48. The van der Waals surface area contributed by atoms with Crippen LogP contribution in [0.2, 0.25) is 0 Å². The van der Waals surface area contributed by atoms with Crippen LogP contribution in [0.25, 0.3) is 0 Å². The minimum atomic E-state index is 0.917. The molecule has 16 heavy (non-hydrogen) atoms. The summed E-state index contributed by atoms with van der Waals surface area (Å²) in [5.74, 6) is 2.05. The highest BCUT2D eigenvalue weighted by molar-refractivity contribution is 5.06. The summed E-state index contributed by atoms with van der Waals surface area (Å²) in [6.45, 7) is 2.71. The highest BCUT2D eigenvalue weighted by Gasteiger charge is 2.46. The molecular formula is C14H23N2. The SMILES string of the molecule is C1CCC2C(C1)CCN2N1CC2CC[C]1C2. The maximum Gasteiger partial charge on any atom is 0.0557 e. The average molecular weight is 219 g/mol. The predicted molar refractivity (Wildman–Crippen MR) is 64.4 cm³/mol. The molecule has 2 heterocycles. The topological polar surface area (TPSA) is 6.48 Å².